The average Bonchev–Trinajstić information content (AvgIpc) is 2.63. The number of carbonyl (C=O) groups excluding carboxylic acids is 2. The molecule has 0 aliphatic rings. The maximum Gasteiger partial charge on any atom is 0.345 e. The number of hydrogen-bond acceptors (Lipinski definition) is 4. The Morgan fingerprint density at radius 1 is 0.586 bits per heavy atom. The highest BCUT2D eigenvalue weighted by atomic mass is 35.5. The molecule has 0 bridgehead atoms. The summed E-state index contributed by atoms with van der Waals surface area (Å²) in [6, 6.07) is 12.9. The van der Waals surface area contributed by atoms with E-state index in [1.165, 1.54) is 54.6 Å². The van der Waals surface area contributed by atoms with Gasteiger partial charge in [0.15, 0.2) is 0 Å². The van der Waals surface area contributed by atoms with Gasteiger partial charge >= 0.3 is 11.9 Å². The average molecular weight is 491 g/mol. The van der Waals surface area contributed by atoms with Gasteiger partial charge in [0, 0.05) is 16.1 Å². The number of ether oxygens (including phenoxy) is 2. The summed E-state index contributed by atoms with van der Waals surface area (Å²) >= 11 is 29.8. The Balaban J connectivity index is 1.74. The van der Waals surface area contributed by atoms with Crippen LogP contribution < -0.4 is 9.47 Å². The van der Waals surface area contributed by atoms with E-state index in [-0.39, 0.29) is 37.7 Å². The van der Waals surface area contributed by atoms with Gasteiger partial charge in [-0.05, 0) is 48.5 Å². The standard InChI is InChI=1S/C20H9Cl5O4/c21-10-1-4-13(15(23)7-10)19(26)28-12-3-6-18(17(25)9-12)29-20(27)14-5-2-11(22)8-16(14)24/h1-9H. The lowest BCUT2D eigenvalue weighted by Crippen LogP contribution is -2.10. The SMILES string of the molecule is O=C(Oc1ccc(OC(=O)c2ccc(Cl)cc2Cl)c(Cl)c1)c1ccc(Cl)cc1Cl. The van der Waals surface area contributed by atoms with Crippen molar-refractivity contribution in [1.29, 1.82) is 0 Å². The lowest BCUT2D eigenvalue weighted by molar-refractivity contribution is 0.0719. The van der Waals surface area contributed by atoms with E-state index in [1.54, 1.807) is 0 Å². The van der Waals surface area contributed by atoms with E-state index >= 15 is 0 Å². The van der Waals surface area contributed by atoms with Crippen molar-refractivity contribution in [3.63, 3.8) is 0 Å². The van der Waals surface area contributed by atoms with Gasteiger partial charge in [-0.1, -0.05) is 58.0 Å². The molecular formula is C20H9Cl5O4. The first-order valence-electron chi connectivity index (χ1n) is 7.88. The molecule has 4 nitrogen and oxygen atoms in total. The maximum atomic E-state index is 12.3. The topological polar surface area (TPSA) is 52.6 Å². The van der Waals surface area contributed by atoms with Crippen molar-refractivity contribution in [2.24, 2.45) is 0 Å². The van der Waals surface area contributed by atoms with Crippen molar-refractivity contribution in [3.8, 4) is 11.5 Å². The molecule has 0 spiro atoms. The zero-order chi connectivity index (χ0) is 21.1. The van der Waals surface area contributed by atoms with Crippen molar-refractivity contribution in [1.82, 2.24) is 0 Å². The van der Waals surface area contributed by atoms with Gasteiger partial charge in [-0.25, -0.2) is 9.59 Å². The zero-order valence-corrected chi connectivity index (χ0v) is 18.0. The molecule has 0 amide bonds. The Morgan fingerprint density at radius 3 is 1.59 bits per heavy atom. The van der Waals surface area contributed by atoms with Crippen LogP contribution in [0.3, 0.4) is 0 Å². The van der Waals surface area contributed by atoms with Gasteiger partial charge < -0.3 is 9.47 Å². The van der Waals surface area contributed by atoms with E-state index < -0.39 is 11.9 Å². The smallest absolute Gasteiger partial charge is 0.345 e. The van der Waals surface area contributed by atoms with Gasteiger partial charge in [0.2, 0.25) is 0 Å². The molecule has 0 saturated heterocycles. The van der Waals surface area contributed by atoms with Crippen LogP contribution in [0.25, 0.3) is 0 Å². The first kappa shape index (κ1) is 21.8. The lowest BCUT2D eigenvalue weighted by Gasteiger charge is -2.10. The molecule has 0 fully saturated rings. The van der Waals surface area contributed by atoms with E-state index in [9.17, 15) is 9.59 Å². The fourth-order valence-corrected chi connectivity index (χ4v) is 3.44. The van der Waals surface area contributed by atoms with Crippen LogP contribution >= 0.6 is 58.0 Å². The van der Waals surface area contributed by atoms with Crippen LogP contribution in [-0.2, 0) is 0 Å². The van der Waals surface area contributed by atoms with E-state index in [2.05, 4.69) is 0 Å². The van der Waals surface area contributed by atoms with Crippen LogP contribution in [0.2, 0.25) is 25.1 Å². The third-order valence-corrected chi connectivity index (χ3v) is 5.01. The molecule has 0 radical (unpaired) electrons. The number of hydrogen-bond donors (Lipinski definition) is 0. The molecule has 3 rings (SSSR count). The first-order chi connectivity index (χ1) is 13.7. The Hall–Kier alpha value is -1.95. The summed E-state index contributed by atoms with van der Waals surface area (Å²) in [5.74, 6) is -1.21. The monoisotopic (exact) mass is 488 g/mol. The molecule has 9 heteroatoms. The number of rotatable bonds is 4. The largest absolute Gasteiger partial charge is 0.423 e. The second-order valence-electron chi connectivity index (χ2n) is 5.62. The van der Waals surface area contributed by atoms with Crippen LogP contribution in [0, 0.1) is 0 Å². The minimum atomic E-state index is -0.716. The van der Waals surface area contributed by atoms with Crippen LogP contribution in [0.5, 0.6) is 11.5 Å². The predicted molar refractivity (Wildman–Crippen MR) is 114 cm³/mol. The number of esters is 2. The van der Waals surface area contributed by atoms with Gasteiger partial charge in [0.1, 0.15) is 11.5 Å². The Labute approximate surface area is 190 Å². The third-order valence-electron chi connectivity index (χ3n) is 3.62. The molecule has 0 aliphatic heterocycles. The van der Waals surface area contributed by atoms with E-state index in [1.807, 2.05) is 0 Å². The molecule has 29 heavy (non-hydrogen) atoms. The van der Waals surface area contributed by atoms with Gasteiger partial charge in [-0.15, -0.1) is 0 Å². The van der Waals surface area contributed by atoms with Crippen LogP contribution in [-0.4, -0.2) is 11.9 Å². The quantitative estimate of drug-likeness (QED) is 0.283. The summed E-state index contributed by atoms with van der Waals surface area (Å²) < 4.78 is 10.5. The highest BCUT2D eigenvalue weighted by molar-refractivity contribution is 6.37. The molecule has 0 unspecified atom stereocenters. The number of benzene rings is 3. The predicted octanol–water partition coefficient (Wildman–Crippen LogP) is 7.39. The highest BCUT2D eigenvalue weighted by Gasteiger charge is 2.17. The molecule has 0 atom stereocenters. The lowest BCUT2D eigenvalue weighted by atomic mass is 10.2. The molecule has 0 heterocycles. The molecule has 0 aromatic heterocycles. The van der Waals surface area contributed by atoms with Crippen LogP contribution in [0.4, 0.5) is 0 Å². The van der Waals surface area contributed by atoms with E-state index in [0.29, 0.717) is 10.0 Å². The summed E-state index contributed by atoms with van der Waals surface area (Å²) in [6.07, 6.45) is 0. The molecule has 0 saturated carbocycles. The molecular weight excluding hydrogens is 481 g/mol. The summed E-state index contributed by atoms with van der Waals surface area (Å²) in [5.41, 5.74) is 0.264. The van der Waals surface area contributed by atoms with Crippen molar-refractivity contribution >= 4 is 69.9 Å². The second kappa shape index (κ2) is 9.24. The number of halogens is 5. The van der Waals surface area contributed by atoms with Gasteiger partial charge in [-0.3, -0.25) is 0 Å². The Bertz CT molecular complexity index is 1110. The van der Waals surface area contributed by atoms with Crippen molar-refractivity contribution < 1.29 is 19.1 Å². The summed E-state index contributed by atoms with van der Waals surface area (Å²) in [4.78, 5) is 24.6. The van der Waals surface area contributed by atoms with Crippen LogP contribution in [0.15, 0.2) is 54.6 Å². The minimum Gasteiger partial charge on any atom is -0.423 e. The van der Waals surface area contributed by atoms with E-state index in [0.717, 1.165) is 0 Å². The summed E-state index contributed by atoms with van der Waals surface area (Å²) in [7, 11) is 0. The highest BCUT2D eigenvalue weighted by Crippen LogP contribution is 2.31. The third kappa shape index (κ3) is 5.35. The summed E-state index contributed by atoms with van der Waals surface area (Å²) in [6.45, 7) is 0. The molecule has 0 aliphatic carbocycles. The van der Waals surface area contributed by atoms with Crippen molar-refractivity contribution in [3.05, 3.63) is 90.8 Å². The fraction of sp³-hybridized carbons (Fsp3) is 0. The fourth-order valence-electron chi connectivity index (χ4n) is 2.25. The van der Waals surface area contributed by atoms with Crippen LogP contribution in [0.1, 0.15) is 20.7 Å². The normalized spacial score (nSPS) is 10.5. The zero-order valence-electron chi connectivity index (χ0n) is 14.2. The second-order valence-corrected chi connectivity index (χ2v) is 7.71. The molecule has 3 aromatic rings. The first-order valence-corrected chi connectivity index (χ1v) is 9.77. The Kier molecular flexibility index (Phi) is 6.93. The molecule has 148 valence electrons. The van der Waals surface area contributed by atoms with E-state index in [4.69, 9.17) is 67.5 Å². The van der Waals surface area contributed by atoms with Crippen molar-refractivity contribution in [2.45, 2.75) is 0 Å². The molecule has 3 aromatic carbocycles. The number of carbonyl (C=O) groups is 2. The Morgan fingerprint density at radius 2 is 1.10 bits per heavy atom. The van der Waals surface area contributed by atoms with Gasteiger partial charge in [0.25, 0.3) is 0 Å². The summed E-state index contributed by atoms with van der Waals surface area (Å²) in [5, 5.41) is 1.12. The maximum absolute atomic E-state index is 12.3. The van der Waals surface area contributed by atoms with Crippen molar-refractivity contribution in [2.75, 3.05) is 0 Å². The van der Waals surface area contributed by atoms with Gasteiger partial charge in [-0.2, -0.15) is 0 Å². The molecule has 0 N–H and O–H groups in total. The van der Waals surface area contributed by atoms with Gasteiger partial charge in [0.05, 0.1) is 26.2 Å². The minimum absolute atomic E-state index is 0.0518.